The fourth-order valence-corrected chi connectivity index (χ4v) is 3.52. The number of nitrogens with zero attached hydrogens (tertiary/aromatic N) is 1. The summed E-state index contributed by atoms with van der Waals surface area (Å²) in [5.41, 5.74) is 2.20. The van der Waals surface area contributed by atoms with Crippen LogP contribution in [0.2, 0.25) is 0 Å². The van der Waals surface area contributed by atoms with Gasteiger partial charge in [-0.05, 0) is 55.2 Å². The smallest absolute Gasteiger partial charge is 0.314 e. The van der Waals surface area contributed by atoms with Crippen molar-refractivity contribution in [3.05, 3.63) is 42.5 Å². The number of carbonyl (C=O) groups is 2. The van der Waals surface area contributed by atoms with E-state index in [0.717, 1.165) is 24.7 Å². The molecule has 2 aromatic carbocycles. The van der Waals surface area contributed by atoms with Gasteiger partial charge in [-0.2, -0.15) is 0 Å². The Labute approximate surface area is 170 Å². The highest BCUT2D eigenvalue weighted by atomic mass is 16.6. The topological polar surface area (TPSA) is 79.9 Å². The maximum atomic E-state index is 12.2. The van der Waals surface area contributed by atoms with Gasteiger partial charge in [0.15, 0.2) is 11.5 Å². The Hall–Kier alpha value is -3.22. The largest absolute Gasteiger partial charge is 0.486 e. The summed E-state index contributed by atoms with van der Waals surface area (Å²) in [6.07, 6.45) is 2.39. The number of anilines is 3. The lowest BCUT2D eigenvalue weighted by Gasteiger charge is -2.32. The van der Waals surface area contributed by atoms with Crippen molar-refractivity contribution in [2.45, 2.75) is 19.8 Å². The number of benzene rings is 2. The second kappa shape index (κ2) is 8.43. The standard InChI is InChI=1S/C22H25N3O4/c1-15-8-10-25(11-9-15)18-5-2-16(3-6-18)23-21(26)22(27)24-17-4-7-19-20(14-17)29-13-12-28-19/h2-7,14-15H,8-13H2,1H3,(H,23,26)(H,24,27). The molecule has 2 N–H and O–H groups in total. The monoisotopic (exact) mass is 395 g/mol. The summed E-state index contributed by atoms with van der Waals surface area (Å²) in [6, 6.07) is 12.6. The average Bonchev–Trinajstić information content (AvgIpc) is 2.75. The van der Waals surface area contributed by atoms with Gasteiger partial charge in [0.25, 0.3) is 0 Å². The van der Waals surface area contributed by atoms with Crippen molar-refractivity contribution in [2.75, 3.05) is 41.8 Å². The van der Waals surface area contributed by atoms with E-state index < -0.39 is 11.8 Å². The number of fused-ring (bicyclic) bond motifs is 1. The van der Waals surface area contributed by atoms with Crippen LogP contribution >= 0.6 is 0 Å². The quantitative estimate of drug-likeness (QED) is 0.780. The first kappa shape index (κ1) is 19.1. The first-order valence-corrected chi connectivity index (χ1v) is 9.95. The first-order valence-electron chi connectivity index (χ1n) is 9.95. The number of rotatable bonds is 3. The number of nitrogens with one attached hydrogen (secondary N) is 2. The molecule has 0 spiro atoms. The highest BCUT2D eigenvalue weighted by Crippen LogP contribution is 2.32. The van der Waals surface area contributed by atoms with E-state index >= 15 is 0 Å². The van der Waals surface area contributed by atoms with Crippen molar-refractivity contribution in [1.29, 1.82) is 0 Å². The first-order chi connectivity index (χ1) is 14.1. The molecule has 152 valence electrons. The molecule has 1 fully saturated rings. The van der Waals surface area contributed by atoms with Gasteiger partial charge >= 0.3 is 11.8 Å². The van der Waals surface area contributed by atoms with E-state index in [1.807, 2.05) is 24.3 Å². The van der Waals surface area contributed by atoms with Crippen LogP contribution in [0.15, 0.2) is 42.5 Å². The zero-order valence-electron chi connectivity index (χ0n) is 16.4. The van der Waals surface area contributed by atoms with Crippen LogP contribution in [-0.2, 0) is 9.59 Å². The molecule has 0 atom stereocenters. The Morgan fingerprint density at radius 2 is 1.45 bits per heavy atom. The highest BCUT2D eigenvalue weighted by Gasteiger charge is 2.18. The Balaban J connectivity index is 1.33. The molecule has 0 aromatic heterocycles. The number of carbonyl (C=O) groups excluding carboxylic acids is 2. The van der Waals surface area contributed by atoms with E-state index in [9.17, 15) is 9.59 Å². The van der Waals surface area contributed by atoms with Gasteiger partial charge in [-0.3, -0.25) is 9.59 Å². The fraction of sp³-hybridized carbons (Fsp3) is 0.364. The van der Waals surface area contributed by atoms with E-state index in [0.29, 0.717) is 36.1 Å². The normalized spacial score (nSPS) is 16.2. The van der Waals surface area contributed by atoms with Gasteiger partial charge < -0.3 is 25.0 Å². The molecule has 29 heavy (non-hydrogen) atoms. The van der Waals surface area contributed by atoms with Crippen LogP contribution in [0.3, 0.4) is 0 Å². The fourth-order valence-electron chi connectivity index (χ4n) is 3.52. The lowest BCUT2D eigenvalue weighted by Crippen LogP contribution is -2.32. The lowest BCUT2D eigenvalue weighted by atomic mass is 9.99. The van der Waals surface area contributed by atoms with Crippen LogP contribution in [-0.4, -0.2) is 38.1 Å². The Kier molecular flexibility index (Phi) is 5.55. The van der Waals surface area contributed by atoms with Crippen LogP contribution in [0.5, 0.6) is 11.5 Å². The Bertz CT molecular complexity index is 889. The molecule has 2 heterocycles. The van der Waals surface area contributed by atoms with Gasteiger partial charge in [-0.25, -0.2) is 0 Å². The van der Waals surface area contributed by atoms with E-state index in [1.54, 1.807) is 18.2 Å². The average molecular weight is 395 g/mol. The van der Waals surface area contributed by atoms with Crippen LogP contribution in [0.25, 0.3) is 0 Å². The SMILES string of the molecule is CC1CCN(c2ccc(NC(=O)C(=O)Nc3ccc4c(c3)OCCO4)cc2)CC1. The minimum Gasteiger partial charge on any atom is -0.486 e. The van der Waals surface area contributed by atoms with Gasteiger partial charge in [0.2, 0.25) is 0 Å². The van der Waals surface area contributed by atoms with Gasteiger partial charge in [0, 0.05) is 36.2 Å². The molecule has 0 aliphatic carbocycles. The van der Waals surface area contributed by atoms with Crippen LogP contribution in [0.4, 0.5) is 17.1 Å². The molecule has 0 radical (unpaired) electrons. The second-order valence-electron chi connectivity index (χ2n) is 7.48. The molecule has 0 unspecified atom stereocenters. The number of ether oxygens (including phenoxy) is 2. The number of hydrogen-bond donors (Lipinski definition) is 2. The summed E-state index contributed by atoms with van der Waals surface area (Å²) in [5.74, 6) is 0.492. The second-order valence-corrected chi connectivity index (χ2v) is 7.48. The van der Waals surface area contributed by atoms with Gasteiger partial charge in [0.05, 0.1) is 0 Å². The highest BCUT2D eigenvalue weighted by molar-refractivity contribution is 6.43. The molecular formula is C22H25N3O4. The third-order valence-corrected chi connectivity index (χ3v) is 5.28. The molecule has 4 rings (SSSR count). The molecule has 2 aliphatic heterocycles. The maximum absolute atomic E-state index is 12.2. The van der Waals surface area contributed by atoms with Gasteiger partial charge in [-0.15, -0.1) is 0 Å². The predicted octanol–water partition coefficient (Wildman–Crippen LogP) is 3.27. The van der Waals surface area contributed by atoms with Crippen molar-refractivity contribution < 1.29 is 19.1 Å². The number of piperidine rings is 1. The summed E-state index contributed by atoms with van der Waals surface area (Å²) in [6.45, 7) is 5.33. The lowest BCUT2D eigenvalue weighted by molar-refractivity contribution is -0.133. The van der Waals surface area contributed by atoms with Gasteiger partial charge in [-0.1, -0.05) is 6.92 Å². The zero-order valence-corrected chi connectivity index (χ0v) is 16.4. The van der Waals surface area contributed by atoms with Crippen molar-refractivity contribution in [3.8, 4) is 11.5 Å². The minimum absolute atomic E-state index is 0.456. The summed E-state index contributed by atoms with van der Waals surface area (Å²) < 4.78 is 10.9. The van der Waals surface area contributed by atoms with Gasteiger partial charge in [0.1, 0.15) is 13.2 Å². The third-order valence-electron chi connectivity index (χ3n) is 5.28. The van der Waals surface area contributed by atoms with Crippen molar-refractivity contribution in [2.24, 2.45) is 5.92 Å². The van der Waals surface area contributed by atoms with Crippen molar-refractivity contribution >= 4 is 28.9 Å². The van der Waals surface area contributed by atoms with Crippen LogP contribution in [0.1, 0.15) is 19.8 Å². The summed E-state index contributed by atoms with van der Waals surface area (Å²) in [5, 5.41) is 5.22. The molecule has 7 heteroatoms. The Morgan fingerprint density at radius 3 is 2.14 bits per heavy atom. The molecule has 2 amide bonds. The van der Waals surface area contributed by atoms with Crippen LogP contribution < -0.4 is 25.0 Å². The molecule has 2 aromatic rings. The zero-order chi connectivity index (χ0) is 20.2. The van der Waals surface area contributed by atoms with E-state index in [4.69, 9.17) is 9.47 Å². The maximum Gasteiger partial charge on any atom is 0.314 e. The molecular weight excluding hydrogens is 370 g/mol. The predicted molar refractivity (Wildman–Crippen MR) is 112 cm³/mol. The molecule has 0 bridgehead atoms. The summed E-state index contributed by atoms with van der Waals surface area (Å²) in [7, 11) is 0. The molecule has 1 saturated heterocycles. The summed E-state index contributed by atoms with van der Waals surface area (Å²) >= 11 is 0. The van der Waals surface area contributed by atoms with Crippen molar-refractivity contribution in [3.63, 3.8) is 0 Å². The summed E-state index contributed by atoms with van der Waals surface area (Å²) in [4.78, 5) is 26.8. The van der Waals surface area contributed by atoms with Crippen molar-refractivity contribution in [1.82, 2.24) is 0 Å². The number of amides is 2. The molecule has 7 nitrogen and oxygen atoms in total. The van der Waals surface area contributed by atoms with E-state index in [2.05, 4.69) is 22.5 Å². The number of hydrogen-bond acceptors (Lipinski definition) is 5. The molecule has 0 saturated carbocycles. The Morgan fingerprint density at radius 1 is 0.862 bits per heavy atom. The minimum atomic E-state index is -0.740. The van der Waals surface area contributed by atoms with E-state index in [1.165, 1.54) is 12.8 Å². The third kappa shape index (κ3) is 4.62. The molecule has 2 aliphatic rings. The van der Waals surface area contributed by atoms with Crippen LogP contribution in [0, 0.1) is 5.92 Å². The van der Waals surface area contributed by atoms with E-state index in [-0.39, 0.29) is 0 Å².